The lowest BCUT2D eigenvalue weighted by molar-refractivity contribution is -0.870. The standard InChI is InChI=1S/C61H89N3O4P/c1-11-12-13-14-15-16-17-18-19-20-21-22-23-24-25-37-56(68-69(65,66)67-47-46-64(8,9)10)48-38-40-51(41-39-48)59-49(42-44-57-60(2,3)52-33-26-28-35-54(52)62(57)6)31-30-32-50(59)43-45-58-61(4,5)53-34-27-29-36-55(53)63(58)7/h26-29,33-36,38-45,56H,11-25,30-32,37,46-47H2,1-10H3/q+1. The van der Waals surface area contributed by atoms with Crippen molar-refractivity contribution in [1.82, 2.24) is 0 Å². The van der Waals surface area contributed by atoms with Crippen LogP contribution < -0.4 is 9.79 Å². The van der Waals surface area contributed by atoms with Crippen LogP contribution in [0.25, 0.3) is 5.57 Å². The van der Waals surface area contributed by atoms with Crippen LogP contribution in [0.2, 0.25) is 0 Å². The maximum atomic E-state index is 13.4. The van der Waals surface area contributed by atoms with Crippen molar-refractivity contribution >= 4 is 30.5 Å². The van der Waals surface area contributed by atoms with Gasteiger partial charge in [0.2, 0.25) is 5.69 Å². The molecule has 376 valence electrons. The van der Waals surface area contributed by atoms with Crippen LogP contribution in [0, 0.1) is 0 Å². The SMILES string of the molecule is CCCCCCCCCCCCCCCCCC(OP(=O)([O-])OCC[N+](C)(C)C)c1ccc(C2=C(/C=C/C3=[N+](C)c4ccccc4C3(C)C)CCC/C2=C\C=C2\N(C)c3ccccc3C2(C)C)cc1. The van der Waals surface area contributed by atoms with Gasteiger partial charge in [0.15, 0.2) is 5.71 Å². The van der Waals surface area contributed by atoms with E-state index in [0.29, 0.717) is 17.4 Å². The van der Waals surface area contributed by atoms with E-state index in [1.165, 1.54) is 128 Å². The van der Waals surface area contributed by atoms with Crippen LogP contribution in [0.4, 0.5) is 11.4 Å². The minimum absolute atomic E-state index is 0.0852. The van der Waals surface area contributed by atoms with Crippen molar-refractivity contribution in [2.24, 2.45) is 0 Å². The molecule has 2 aliphatic heterocycles. The van der Waals surface area contributed by atoms with Gasteiger partial charge in [-0.25, -0.2) is 0 Å². The lowest BCUT2D eigenvalue weighted by Crippen LogP contribution is -2.37. The Bertz CT molecular complexity index is 2360. The Labute approximate surface area is 419 Å². The zero-order chi connectivity index (χ0) is 49.7. The summed E-state index contributed by atoms with van der Waals surface area (Å²) in [6, 6.07) is 26.1. The summed E-state index contributed by atoms with van der Waals surface area (Å²) in [6.45, 7) is 12.2. The average molecular weight is 959 g/mol. The van der Waals surface area contributed by atoms with Crippen LogP contribution in [0.5, 0.6) is 0 Å². The molecule has 8 heteroatoms. The lowest BCUT2D eigenvalue weighted by atomic mass is 9.79. The maximum absolute atomic E-state index is 13.4. The average Bonchev–Trinajstić information content (AvgIpc) is 3.63. The van der Waals surface area contributed by atoms with Crippen molar-refractivity contribution in [3.8, 4) is 0 Å². The quantitative estimate of drug-likeness (QED) is 0.0330. The number of hydrogen-bond acceptors (Lipinski definition) is 5. The van der Waals surface area contributed by atoms with Crippen LogP contribution >= 0.6 is 7.82 Å². The van der Waals surface area contributed by atoms with Gasteiger partial charge >= 0.3 is 0 Å². The van der Waals surface area contributed by atoms with E-state index in [1.54, 1.807) is 0 Å². The number of rotatable bonds is 27. The number of allylic oxidation sites excluding steroid dienone is 8. The molecule has 2 unspecified atom stereocenters. The van der Waals surface area contributed by atoms with Gasteiger partial charge < -0.3 is 23.3 Å². The van der Waals surface area contributed by atoms with E-state index in [9.17, 15) is 9.46 Å². The summed E-state index contributed by atoms with van der Waals surface area (Å²) < 4.78 is 27.9. The summed E-state index contributed by atoms with van der Waals surface area (Å²) in [5, 5.41) is 0. The fourth-order valence-corrected chi connectivity index (χ4v) is 12.0. The number of likely N-dealkylation sites (N-methyl/N-ethyl adjacent to an activating group) is 2. The summed E-state index contributed by atoms with van der Waals surface area (Å²) in [7, 11) is 5.89. The van der Waals surface area contributed by atoms with Crippen molar-refractivity contribution in [3.05, 3.63) is 136 Å². The Morgan fingerprint density at radius 1 is 0.739 bits per heavy atom. The van der Waals surface area contributed by atoms with Crippen molar-refractivity contribution < 1.29 is 27.6 Å². The molecular formula is C61H89N3O4P+. The summed E-state index contributed by atoms with van der Waals surface area (Å²) in [5.41, 5.74) is 13.4. The van der Waals surface area contributed by atoms with Crippen LogP contribution in [0.1, 0.15) is 185 Å². The summed E-state index contributed by atoms with van der Waals surface area (Å²) in [6.07, 6.45) is 31.7. The van der Waals surface area contributed by atoms with Gasteiger partial charge in [0, 0.05) is 41.6 Å². The number of phosphoric ester groups is 1. The molecule has 0 saturated carbocycles. The predicted molar refractivity (Wildman–Crippen MR) is 291 cm³/mol. The van der Waals surface area contributed by atoms with Gasteiger partial charge in [-0.2, -0.15) is 4.58 Å². The van der Waals surface area contributed by atoms with Gasteiger partial charge in [-0.3, -0.25) is 4.57 Å². The molecule has 7 nitrogen and oxygen atoms in total. The molecular weight excluding hydrogens is 870 g/mol. The number of unbranched alkanes of at least 4 members (excludes halogenated alkanes) is 14. The largest absolute Gasteiger partial charge is 0.756 e. The van der Waals surface area contributed by atoms with E-state index in [4.69, 9.17) is 9.05 Å². The van der Waals surface area contributed by atoms with E-state index in [0.717, 1.165) is 49.7 Å². The molecule has 69 heavy (non-hydrogen) atoms. The smallest absolute Gasteiger partial charge is 0.268 e. The number of nitrogens with zero attached hydrogens (tertiary/aromatic N) is 3. The molecule has 0 aromatic heterocycles. The number of para-hydroxylation sites is 2. The highest BCUT2D eigenvalue weighted by Crippen LogP contribution is 2.49. The van der Waals surface area contributed by atoms with Gasteiger partial charge in [0.1, 0.15) is 20.2 Å². The molecule has 0 spiro atoms. The Morgan fingerprint density at radius 2 is 1.32 bits per heavy atom. The van der Waals surface area contributed by atoms with E-state index >= 15 is 0 Å². The molecule has 6 rings (SSSR count). The van der Waals surface area contributed by atoms with E-state index in [1.807, 2.05) is 21.1 Å². The van der Waals surface area contributed by atoms with Gasteiger partial charge in [0.25, 0.3) is 7.82 Å². The van der Waals surface area contributed by atoms with Crippen molar-refractivity contribution in [1.29, 1.82) is 0 Å². The van der Waals surface area contributed by atoms with E-state index < -0.39 is 13.9 Å². The predicted octanol–water partition coefficient (Wildman–Crippen LogP) is 15.6. The van der Waals surface area contributed by atoms with Crippen molar-refractivity contribution in [3.63, 3.8) is 0 Å². The lowest BCUT2D eigenvalue weighted by Gasteiger charge is -2.30. The minimum Gasteiger partial charge on any atom is -0.756 e. The number of fused-ring (bicyclic) bond motifs is 2. The Balaban J connectivity index is 1.23. The third-order valence-electron chi connectivity index (χ3n) is 15.2. The first kappa shape index (κ1) is 54.5. The molecule has 0 radical (unpaired) electrons. The van der Waals surface area contributed by atoms with Gasteiger partial charge in [-0.05, 0) is 85.1 Å². The second-order valence-electron chi connectivity index (χ2n) is 22.4. The second kappa shape index (κ2) is 25.0. The number of benzene rings is 3. The Morgan fingerprint density at radius 3 is 1.91 bits per heavy atom. The number of quaternary nitrogens is 1. The summed E-state index contributed by atoms with van der Waals surface area (Å²) in [5.74, 6) is 0. The number of anilines is 1. The summed E-state index contributed by atoms with van der Waals surface area (Å²) >= 11 is 0. The molecule has 0 amide bonds. The number of hydrogen-bond donors (Lipinski definition) is 0. The molecule has 3 aliphatic rings. The molecule has 0 bridgehead atoms. The Kier molecular flexibility index (Phi) is 19.8. The molecule has 3 aromatic carbocycles. The van der Waals surface area contributed by atoms with Gasteiger partial charge in [-0.1, -0.05) is 190 Å². The maximum Gasteiger partial charge on any atom is 0.268 e. The van der Waals surface area contributed by atoms with Gasteiger partial charge in [0.05, 0.1) is 32.7 Å². The first-order chi connectivity index (χ1) is 32.9. The molecule has 3 aromatic rings. The Hall–Kier alpha value is -3.84. The van der Waals surface area contributed by atoms with Crippen molar-refractivity contribution in [2.75, 3.05) is 53.3 Å². The molecule has 0 N–H and O–H groups in total. The topological polar surface area (TPSA) is 64.8 Å². The highest BCUT2D eigenvalue weighted by atomic mass is 31.2. The zero-order valence-electron chi connectivity index (χ0n) is 44.6. The summed E-state index contributed by atoms with van der Waals surface area (Å²) in [4.78, 5) is 15.8. The molecule has 2 heterocycles. The van der Waals surface area contributed by atoms with Gasteiger partial charge in [-0.15, -0.1) is 0 Å². The first-order valence-corrected chi connectivity index (χ1v) is 28.3. The highest BCUT2D eigenvalue weighted by Gasteiger charge is 2.43. The minimum atomic E-state index is -4.57. The third kappa shape index (κ3) is 14.6. The fourth-order valence-electron chi connectivity index (χ4n) is 11.1. The molecule has 1 aliphatic carbocycles. The zero-order valence-corrected chi connectivity index (χ0v) is 45.5. The molecule has 0 saturated heterocycles. The van der Waals surface area contributed by atoms with E-state index in [2.05, 4.69) is 155 Å². The second-order valence-corrected chi connectivity index (χ2v) is 23.7. The third-order valence-corrected chi connectivity index (χ3v) is 16.2. The normalized spacial score (nSPS) is 19.3. The van der Waals surface area contributed by atoms with E-state index in [-0.39, 0.29) is 17.4 Å². The number of phosphoric acid groups is 1. The monoisotopic (exact) mass is 959 g/mol. The van der Waals surface area contributed by atoms with Crippen LogP contribution in [-0.2, 0) is 24.4 Å². The molecule has 0 fully saturated rings. The highest BCUT2D eigenvalue weighted by molar-refractivity contribution is 7.45. The van der Waals surface area contributed by atoms with Crippen LogP contribution in [0.15, 0.2) is 114 Å². The first-order valence-electron chi connectivity index (χ1n) is 26.9. The van der Waals surface area contributed by atoms with Crippen molar-refractivity contribution in [2.45, 2.75) is 174 Å². The van der Waals surface area contributed by atoms with Crippen LogP contribution in [-0.4, -0.2) is 63.2 Å². The molecule has 2 atom stereocenters. The van der Waals surface area contributed by atoms with Crippen LogP contribution in [0.3, 0.4) is 0 Å². The fraction of sp³-hybridized carbons (Fsp3) is 0.557.